The number of benzene rings is 1. The minimum Gasteiger partial charge on any atom is -0.387 e. The maximum absolute atomic E-state index is 12.6. The standard InChI is InChI=1S/C11H15FN2O2/c1-7(13)11(16)14-6-10(15)8-2-4-9(12)5-3-8/h2-5,7,10,15H,6,13H2,1H3,(H,14,16)/t7-,10?/m1/s1. The molecule has 1 amide bonds. The van der Waals surface area contributed by atoms with Crippen LogP contribution in [-0.2, 0) is 4.79 Å². The van der Waals surface area contributed by atoms with Gasteiger partial charge in [-0.1, -0.05) is 12.1 Å². The van der Waals surface area contributed by atoms with Crippen LogP contribution in [0.25, 0.3) is 0 Å². The Kier molecular flexibility index (Phi) is 4.39. The third kappa shape index (κ3) is 3.60. The first-order valence-corrected chi connectivity index (χ1v) is 4.97. The molecule has 4 nitrogen and oxygen atoms in total. The molecular formula is C11H15FN2O2. The zero-order valence-corrected chi connectivity index (χ0v) is 8.98. The maximum Gasteiger partial charge on any atom is 0.236 e. The molecule has 1 aromatic carbocycles. The molecule has 0 aliphatic rings. The molecule has 0 fully saturated rings. The van der Waals surface area contributed by atoms with Crippen molar-refractivity contribution in [3.05, 3.63) is 35.6 Å². The Morgan fingerprint density at radius 2 is 2.06 bits per heavy atom. The van der Waals surface area contributed by atoms with E-state index in [0.717, 1.165) is 0 Å². The lowest BCUT2D eigenvalue weighted by Crippen LogP contribution is -2.40. The van der Waals surface area contributed by atoms with Gasteiger partial charge in [0.05, 0.1) is 12.1 Å². The average molecular weight is 226 g/mol. The van der Waals surface area contributed by atoms with Crippen molar-refractivity contribution >= 4 is 5.91 Å². The smallest absolute Gasteiger partial charge is 0.236 e. The molecule has 1 rings (SSSR count). The number of halogens is 1. The highest BCUT2D eigenvalue weighted by Gasteiger charge is 2.11. The minimum absolute atomic E-state index is 0.0615. The molecule has 1 aromatic rings. The summed E-state index contributed by atoms with van der Waals surface area (Å²) in [6.45, 7) is 1.62. The van der Waals surface area contributed by atoms with E-state index in [1.54, 1.807) is 6.92 Å². The van der Waals surface area contributed by atoms with Gasteiger partial charge in [-0.2, -0.15) is 0 Å². The molecule has 0 aromatic heterocycles. The molecule has 0 aliphatic carbocycles. The lowest BCUT2D eigenvalue weighted by molar-refractivity contribution is -0.122. The molecule has 2 atom stereocenters. The number of aliphatic hydroxyl groups excluding tert-OH is 1. The summed E-state index contributed by atoms with van der Waals surface area (Å²) in [5.41, 5.74) is 5.89. The van der Waals surface area contributed by atoms with Crippen LogP contribution in [0.3, 0.4) is 0 Å². The van der Waals surface area contributed by atoms with Gasteiger partial charge in [0.25, 0.3) is 0 Å². The molecule has 0 radical (unpaired) electrons. The highest BCUT2D eigenvalue weighted by Crippen LogP contribution is 2.12. The third-order valence-electron chi connectivity index (χ3n) is 2.14. The number of hydrogen-bond acceptors (Lipinski definition) is 3. The summed E-state index contributed by atoms with van der Waals surface area (Å²) in [4.78, 5) is 11.1. The van der Waals surface area contributed by atoms with E-state index in [1.807, 2.05) is 0 Å². The zero-order chi connectivity index (χ0) is 12.1. The fraction of sp³-hybridized carbons (Fsp3) is 0.364. The lowest BCUT2D eigenvalue weighted by Gasteiger charge is -2.13. The van der Waals surface area contributed by atoms with E-state index < -0.39 is 12.1 Å². The summed E-state index contributed by atoms with van der Waals surface area (Å²) in [6, 6.07) is 4.84. The monoisotopic (exact) mass is 226 g/mol. The molecule has 16 heavy (non-hydrogen) atoms. The minimum atomic E-state index is -0.858. The molecule has 5 heteroatoms. The van der Waals surface area contributed by atoms with Crippen molar-refractivity contribution in [3.8, 4) is 0 Å². The first kappa shape index (κ1) is 12.6. The number of rotatable bonds is 4. The molecule has 0 saturated carbocycles. The van der Waals surface area contributed by atoms with Crippen LogP contribution in [0.5, 0.6) is 0 Å². The molecule has 4 N–H and O–H groups in total. The fourth-order valence-corrected chi connectivity index (χ4v) is 1.16. The van der Waals surface area contributed by atoms with Gasteiger partial charge in [0.15, 0.2) is 0 Å². The third-order valence-corrected chi connectivity index (χ3v) is 2.14. The second-order valence-corrected chi connectivity index (χ2v) is 3.60. The van der Waals surface area contributed by atoms with E-state index in [4.69, 9.17) is 5.73 Å². The van der Waals surface area contributed by atoms with Gasteiger partial charge in [-0.3, -0.25) is 4.79 Å². The molecule has 0 spiro atoms. The Balaban J connectivity index is 2.49. The van der Waals surface area contributed by atoms with E-state index in [9.17, 15) is 14.3 Å². The molecule has 0 aliphatic heterocycles. The Bertz CT molecular complexity index is 352. The van der Waals surface area contributed by atoms with Crippen molar-refractivity contribution in [1.29, 1.82) is 0 Å². The summed E-state index contributed by atoms with van der Waals surface area (Å²) >= 11 is 0. The summed E-state index contributed by atoms with van der Waals surface area (Å²) < 4.78 is 12.6. The number of amides is 1. The second kappa shape index (κ2) is 5.58. The van der Waals surface area contributed by atoms with Gasteiger partial charge in [0.2, 0.25) is 5.91 Å². The van der Waals surface area contributed by atoms with Gasteiger partial charge >= 0.3 is 0 Å². The molecular weight excluding hydrogens is 211 g/mol. The topological polar surface area (TPSA) is 75.4 Å². The number of carbonyl (C=O) groups is 1. The maximum atomic E-state index is 12.6. The predicted octanol–water partition coefficient (Wildman–Crippen LogP) is 0.323. The van der Waals surface area contributed by atoms with Crippen molar-refractivity contribution in [3.63, 3.8) is 0 Å². The average Bonchev–Trinajstić information content (AvgIpc) is 2.26. The summed E-state index contributed by atoms with van der Waals surface area (Å²) in [5.74, 6) is -0.697. The SMILES string of the molecule is C[C@@H](N)C(=O)NCC(O)c1ccc(F)cc1. The molecule has 88 valence electrons. The Hall–Kier alpha value is -1.46. The van der Waals surface area contributed by atoms with Crippen LogP contribution in [0, 0.1) is 5.82 Å². The van der Waals surface area contributed by atoms with Crippen LogP contribution in [0.2, 0.25) is 0 Å². The van der Waals surface area contributed by atoms with E-state index in [-0.39, 0.29) is 18.3 Å². The number of aliphatic hydroxyl groups is 1. The molecule has 1 unspecified atom stereocenters. The van der Waals surface area contributed by atoms with E-state index in [2.05, 4.69) is 5.32 Å². The van der Waals surface area contributed by atoms with E-state index in [1.165, 1.54) is 24.3 Å². The number of nitrogens with one attached hydrogen (secondary N) is 1. The van der Waals surface area contributed by atoms with Crippen LogP contribution in [0.4, 0.5) is 4.39 Å². The first-order valence-electron chi connectivity index (χ1n) is 4.97. The van der Waals surface area contributed by atoms with Crippen molar-refractivity contribution in [2.24, 2.45) is 5.73 Å². The van der Waals surface area contributed by atoms with Crippen LogP contribution in [-0.4, -0.2) is 23.6 Å². The first-order chi connectivity index (χ1) is 7.50. The predicted molar refractivity (Wildman–Crippen MR) is 58.0 cm³/mol. The normalized spacial score (nSPS) is 14.2. The highest BCUT2D eigenvalue weighted by molar-refractivity contribution is 5.80. The van der Waals surface area contributed by atoms with Crippen molar-refractivity contribution in [2.75, 3.05) is 6.54 Å². The zero-order valence-electron chi connectivity index (χ0n) is 8.98. The van der Waals surface area contributed by atoms with Crippen LogP contribution < -0.4 is 11.1 Å². The Morgan fingerprint density at radius 1 is 1.50 bits per heavy atom. The van der Waals surface area contributed by atoms with E-state index in [0.29, 0.717) is 5.56 Å². The quantitative estimate of drug-likeness (QED) is 0.692. The van der Waals surface area contributed by atoms with Gasteiger partial charge in [-0.05, 0) is 24.6 Å². The summed E-state index contributed by atoms with van der Waals surface area (Å²) in [6.07, 6.45) is -0.858. The summed E-state index contributed by atoms with van der Waals surface area (Å²) in [7, 11) is 0. The lowest BCUT2D eigenvalue weighted by atomic mass is 10.1. The Labute approximate surface area is 93.3 Å². The number of hydrogen-bond donors (Lipinski definition) is 3. The molecule has 0 heterocycles. The van der Waals surface area contributed by atoms with Gasteiger partial charge in [0.1, 0.15) is 5.82 Å². The van der Waals surface area contributed by atoms with Crippen molar-refractivity contribution < 1.29 is 14.3 Å². The number of nitrogens with two attached hydrogens (primary N) is 1. The van der Waals surface area contributed by atoms with Gasteiger partial charge < -0.3 is 16.2 Å². The Morgan fingerprint density at radius 3 is 2.56 bits per heavy atom. The van der Waals surface area contributed by atoms with Crippen LogP contribution in [0.15, 0.2) is 24.3 Å². The largest absolute Gasteiger partial charge is 0.387 e. The second-order valence-electron chi connectivity index (χ2n) is 3.60. The van der Waals surface area contributed by atoms with E-state index >= 15 is 0 Å². The summed E-state index contributed by atoms with van der Waals surface area (Å²) in [5, 5.41) is 12.2. The van der Waals surface area contributed by atoms with Gasteiger partial charge in [-0.15, -0.1) is 0 Å². The molecule has 0 saturated heterocycles. The van der Waals surface area contributed by atoms with Gasteiger partial charge in [-0.25, -0.2) is 4.39 Å². The fourth-order valence-electron chi connectivity index (χ4n) is 1.16. The molecule has 0 bridgehead atoms. The van der Waals surface area contributed by atoms with Gasteiger partial charge in [0, 0.05) is 6.54 Å². The van der Waals surface area contributed by atoms with Crippen molar-refractivity contribution in [1.82, 2.24) is 5.32 Å². The van der Waals surface area contributed by atoms with Crippen LogP contribution >= 0.6 is 0 Å². The van der Waals surface area contributed by atoms with Crippen LogP contribution in [0.1, 0.15) is 18.6 Å². The highest BCUT2D eigenvalue weighted by atomic mass is 19.1. The van der Waals surface area contributed by atoms with Crippen molar-refractivity contribution in [2.45, 2.75) is 19.1 Å². The number of carbonyl (C=O) groups excluding carboxylic acids is 1.